The van der Waals surface area contributed by atoms with E-state index in [1.807, 2.05) is 36.7 Å². The number of thiocarbonyl (C=S) groups is 1. The smallest absolute Gasteiger partial charge is 0.169 e. The largest absolute Gasteiger partial charge is 0.497 e. The lowest BCUT2D eigenvalue weighted by molar-refractivity contribution is 0.395. The Kier molecular flexibility index (Phi) is 5.08. The minimum atomic E-state index is 0.569. The van der Waals surface area contributed by atoms with Crippen molar-refractivity contribution >= 4 is 17.3 Å². The van der Waals surface area contributed by atoms with Crippen molar-refractivity contribution in [1.82, 2.24) is 15.2 Å². The third-order valence-corrected chi connectivity index (χ3v) is 4.33. The van der Waals surface area contributed by atoms with Crippen LogP contribution in [0.4, 0.5) is 0 Å². The fraction of sp³-hybridized carbons (Fsp3) is 0.333. The van der Waals surface area contributed by atoms with Crippen molar-refractivity contribution in [3.05, 3.63) is 59.9 Å². The molecule has 1 aromatic heterocycles. The summed E-state index contributed by atoms with van der Waals surface area (Å²) in [5.74, 6) is 0.869. The van der Waals surface area contributed by atoms with Gasteiger partial charge in [0.15, 0.2) is 5.11 Å². The molecule has 1 fully saturated rings. The van der Waals surface area contributed by atoms with Crippen LogP contribution in [-0.2, 0) is 13.1 Å². The number of nitrogens with zero attached hydrogens (tertiary/aromatic N) is 2. The molecule has 1 heterocycles. The zero-order chi connectivity index (χ0) is 16.1. The van der Waals surface area contributed by atoms with Crippen molar-refractivity contribution < 1.29 is 4.74 Å². The van der Waals surface area contributed by atoms with E-state index in [-0.39, 0.29) is 0 Å². The summed E-state index contributed by atoms with van der Waals surface area (Å²) in [4.78, 5) is 6.36. The van der Waals surface area contributed by atoms with Crippen molar-refractivity contribution in [2.75, 3.05) is 7.11 Å². The first-order valence-corrected chi connectivity index (χ1v) is 8.23. The van der Waals surface area contributed by atoms with Gasteiger partial charge in [0.2, 0.25) is 0 Å². The average Bonchev–Trinajstić information content (AvgIpc) is 3.44. The Morgan fingerprint density at radius 1 is 1.17 bits per heavy atom. The summed E-state index contributed by atoms with van der Waals surface area (Å²) in [6.45, 7) is 1.56. The van der Waals surface area contributed by atoms with Gasteiger partial charge in [-0.1, -0.05) is 12.1 Å². The number of hydrogen-bond donors (Lipinski definition) is 1. The van der Waals surface area contributed by atoms with Crippen LogP contribution in [0.2, 0.25) is 0 Å². The number of nitrogens with one attached hydrogen (secondary N) is 1. The molecule has 0 bridgehead atoms. The number of aromatic nitrogens is 1. The second-order valence-corrected chi connectivity index (χ2v) is 6.11. The minimum Gasteiger partial charge on any atom is -0.497 e. The molecular weight excluding hydrogens is 306 g/mol. The molecule has 0 unspecified atom stereocenters. The van der Waals surface area contributed by atoms with E-state index in [0.29, 0.717) is 6.04 Å². The van der Waals surface area contributed by atoms with Crippen LogP contribution < -0.4 is 10.1 Å². The van der Waals surface area contributed by atoms with Gasteiger partial charge in [-0.05, 0) is 60.5 Å². The van der Waals surface area contributed by atoms with Gasteiger partial charge in [0.1, 0.15) is 5.75 Å². The number of rotatable bonds is 6. The molecule has 0 spiro atoms. The van der Waals surface area contributed by atoms with Gasteiger partial charge in [-0.25, -0.2) is 0 Å². The van der Waals surface area contributed by atoms with E-state index in [4.69, 9.17) is 17.0 Å². The maximum atomic E-state index is 5.61. The van der Waals surface area contributed by atoms with E-state index in [0.717, 1.165) is 24.0 Å². The van der Waals surface area contributed by atoms with Crippen molar-refractivity contribution in [2.45, 2.75) is 32.0 Å². The molecule has 3 rings (SSSR count). The molecule has 5 heteroatoms. The van der Waals surface area contributed by atoms with Gasteiger partial charge in [-0.15, -0.1) is 0 Å². The third kappa shape index (κ3) is 4.42. The topological polar surface area (TPSA) is 37.4 Å². The van der Waals surface area contributed by atoms with E-state index in [2.05, 4.69) is 27.3 Å². The monoisotopic (exact) mass is 327 g/mol. The average molecular weight is 327 g/mol. The first-order valence-electron chi connectivity index (χ1n) is 7.82. The quantitative estimate of drug-likeness (QED) is 0.825. The minimum absolute atomic E-state index is 0.569. The lowest BCUT2D eigenvalue weighted by atomic mass is 10.2. The summed E-state index contributed by atoms with van der Waals surface area (Å²) < 4.78 is 5.18. The van der Waals surface area contributed by atoms with E-state index < -0.39 is 0 Å². The number of methoxy groups -OCH3 is 1. The van der Waals surface area contributed by atoms with Crippen LogP contribution in [0.1, 0.15) is 24.0 Å². The predicted molar refractivity (Wildman–Crippen MR) is 95.2 cm³/mol. The molecule has 0 atom stereocenters. The van der Waals surface area contributed by atoms with Crippen LogP contribution in [0.3, 0.4) is 0 Å². The SMILES string of the molecule is COc1ccc(CNC(=S)N(Cc2ccncc2)C2CC2)cc1. The zero-order valence-corrected chi connectivity index (χ0v) is 14.1. The molecule has 0 radical (unpaired) electrons. The maximum absolute atomic E-state index is 5.61. The van der Waals surface area contributed by atoms with Crippen molar-refractivity contribution in [3.63, 3.8) is 0 Å². The van der Waals surface area contributed by atoms with Crippen LogP contribution in [0.15, 0.2) is 48.8 Å². The highest BCUT2D eigenvalue weighted by Crippen LogP contribution is 2.28. The molecule has 1 saturated carbocycles. The van der Waals surface area contributed by atoms with Crippen LogP contribution >= 0.6 is 12.2 Å². The Balaban J connectivity index is 1.58. The lowest BCUT2D eigenvalue weighted by Crippen LogP contribution is -2.40. The Hall–Kier alpha value is -2.14. The number of hydrogen-bond acceptors (Lipinski definition) is 3. The summed E-state index contributed by atoms with van der Waals surface area (Å²) >= 11 is 5.61. The number of benzene rings is 1. The molecular formula is C18H21N3OS. The van der Waals surface area contributed by atoms with E-state index in [1.165, 1.54) is 24.0 Å². The second kappa shape index (κ2) is 7.42. The molecule has 1 aliphatic rings. The van der Waals surface area contributed by atoms with Gasteiger partial charge in [0, 0.05) is 31.5 Å². The van der Waals surface area contributed by atoms with Gasteiger partial charge in [-0.2, -0.15) is 0 Å². The highest BCUT2D eigenvalue weighted by molar-refractivity contribution is 7.80. The van der Waals surface area contributed by atoms with Crippen molar-refractivity contribution in [3.8, 4) is 5.75 Å². The standard InChI is InChI=1S/C18H21N3OS/c1-22-17-6-2-14(3-7-17)12-20-18(23)21(16-4-5-16)13-15-8-10-19-11-9-15/h2-3,6-11,16H,4-5,12-13H2,1H3,(H,20,23). The van der Waals surface area contributed by atoms with Crippen LogP contribution in [0.25, 0.3) is 0 Å². The van der Waals surface area contributed by atoms with Crippen LogP contribution in [0, 0.1) is 0 Å². The highest BCUT2D eigenvalue weighted by atomic mass is 32.1. The van der Waals surface area contributed by atoms with Crippen molar-refractivity contribution in [2.24, 2.45) is 0 Å². The van der Waals surface area contributed by atoms with Gasteiger partial charge < -0.3 is 15.0 Å². The molecule has 1 aromatic carbocycles. The van der Waals surface area contributed by atoms with E-state index in [9.17, 15) is 0 Å². The maximum Gasteiger partial charge on any atom is 0.169 e. The predicted octanol–water partition coefficient (Wildman–Crippen LogP) is 3.13. The summed E-state index contributed by atoms with van der Waals surface area (Å²) in [5.41, 5.74) is 2.42. The first-order chi connectivity index (χ1) is 11.3. The highest BCUT2D eigenvalue weighted by Gasteiger charge is 2.30. The second-order valence-electron chi connectivity index (χ2n) is 5.72. The van der Waals surface area contributed by atoms with Crippen LogP contribution in [0.5, 0.6) is 5.75 Å². The van der Waals surface area contributed by atoms with Gasteiger partial charge in [-0.3, -0.25) is 4.98 Å². The Labute approximate surface area is 142 Å². The molecule has 0 saturated heterocycles. The number of ether oxygens (including phenoxy) is 1. The van der Waals surface area contributed by atoms with Gasteiger partial charge >= 0.3 is 0 Å². The van der Waals surface area contributed by atoms with Crippen LogP contribution in [-0.4, -0.2) is 28.1 Å². The first kappa shape index (κ1) is 15.7. The fourth-order valence-electron chi connectivity index (χ4n) is 2.46. The molecule has 0 aliphatic heterocycles. The Morgan fingerprint density at radius 3 is 2.48 bits per heavy atom. The zero-order valence-electron chi connectivity index (χ0n) is 13.2. The molecule has 0 amide bonds. The molecule has 2 aromatic rings. The van der Waals surface area contributed by atoms with E-state index in [1.54, 1.807) is 7.11 Å². The number of pyridine rings is 1. The Morgan fingerprint density at radius 2 is 1.87 bits per heavy atom. The lowest BCUT2D eigenvalue weighted by Gasteiger charge is -2.26. The Bertz CT molecular complexity index is 641. The van der Waals surface area contributed by atoms with Gasteiger partial charge in [0.25, 0.3) is 0 Å². The molecule has 1 N–H and O–H groups in total. The summed E-state index contributed by atoms with van der Waals surface area (Å²) in [5, 5.41) is 4.20. The molecule has 23 heavy (non-hydrogen) atoms. The summed E-state index contributed by atoms with van der Waals surface area (Å²) in [6, 6.07) is 12.7. The molecule has 4 nitrogen and oxygen atoms in total. The molecule has 120 valence electrons. The third-order valence-electron chi connectivity index (χ3n) is 3.95. The van der Waals surface area contributed by atoms with E-state index >= 15 is 0 Å². The van der Waals surface area contributed by atoms with Crippen molar-refractivity contribution in [1.29, 1.82) is 0 Å². The molecule has 1 aliphatic carbocycles. The fourth-order valence-corrected chi connectivity index (χ4v) is 2.75. The summed E-state index contributed by atoms with van der Waals surface area (Å²) in [6.07, 6.45) is 6.09. The summed E-state index contributed by atoms with van der Waals surface area (Å²) in [7, 11) is 1.68. The normalized spacial score (nSPS) is 13.4. The van der Waals surface area contributed by atoms with Gasteiger partial charge in [0.05, 0.1) is 7.11 Å².